The van der Waals surface area contributed by atoms with E-state index in [4.69, 9.17) is 0 Å². The minimum absolute atomic E-state index is 0.0999. The van der Waals surface area contributed by atoms with Gasteiger partial charge >= 0.3 is 12.3 Å². The molecule has 0 N–H and O–H groups in total. The van der Waals surface area contributed by atoms with Crippen LogP contribution in [-0.4, -0.2) is 19.4 Å². The zero-order valence-electron chi connectivity index (χ0n) is 8.63. The second-order valence-electron chi connectivity index (χ2n) is 3.21. The molecule has 0 bridgehead atoms. The number of hydrogen-bond donors (Lipinski definition) is 0. The lowest BCUT2D eigenvalue weighted by molar-refractivity contribution is -0.286. The van der Waals surface area contributed by atoms with Gasteiger partial charge in [0.2, 0.25) is 0 Å². The van der Waals surface area contributed by atoms with E-state index in [0.717, 1.165) is 0 Å². The maximum atomic E-state index is 12.9. The number of methoxy groups -OCH3 is 1. The Morgan fingerprint density at radius 1 is 1.47 bits per heavy atom. The molecule has 0 spiro atoms. The van der Waals surface area contributed by atoms with E-state index in [1.807, 2.05) is 0 Å². The van der Waals surface area contributed by atoms with Crippen molar-refractivity contribution in [3.8, 4) is 11.5 Å². The molecule has 2 rings (SSSR count). The van der Waals surface area contributed by atoms with Crippen molar-refractivity contribution in [1.29, 1.82) is 0 Å². The Balaban J connectivity index is 2.52. The van der Waals surface area contributed by atoms with Crippen LogP contribution in [0, 0.1) is 0 Å². The minimum atomic E-state index is -3.70. The van der Waals surface area contributed by atoms with Crippen LogP contribution < -0.4 is 9.47 Å². The maximum Gasteiger partial charge on any atom is 0.586 e. The van der Waals surface area contributed by atoms with Gasteiger partial charge in [0, 0.05) is 10.9 Å². The smallest absolute Gasteiger partial charge is 0.465 e. The predicted octanol–water partition coefficient (Wildman–Crippen LogP) is 2.69. The molecule has 0 radical (unpaired) electrons. The summed E-state index contributed by atoms with van der Waals surface area (Å²) in [4.78, 5) is 11.4. The zero-order chi connectivity index (χ0) is 12.6. The normalized spacial score (nSPS) is 15.8. The largest absolute Gasteiger partial charge is 0.586 e. The third-order valence-corrected chi connectivity index (χ3v) is 2.77. The summed E-state index contributed by atoms with van der Waals surface area (Å²) in [6, 6.07) is 2.60. The zero-order valence-corrected chi connectivity index (χ0v) is 10.2. The summed E-state index contributed by atoms with van der Waals surface area (Å²) in [6.45, 7) is 0. The fourth-order valence-corrected chi connectivity index (χ4v) is 2.06. The van der Waals surface area contributed by atoms with Gasteiger partial charge in [-0.25, -0.2) is 4.79 Å². The third-order valence-electron chi connectivity index (χ3n) is 2.21. The van der Waals surface area contributed by atoms with E-state index < -0.39 is 12.3 Å². The predicted molar refractivity (Wildman–Crippen MR) is 56.6 cm³/mol. The van der Waals surface area contributed by atoms with E-state index in [2.05, 4.69) is 30.1 Å². The molecule has 1 aromatic rings. The number of carbonyl (C=O) groups excluding carboxylic acids is 1. The lowest BCUT2D eigenvalue weighted by Crippen LogP contribution is -2.26. The van der Waals surface area contributed by atoms with Crippen molar-refractivity contribution in [2.24, 2.45) is 0 Å². The number of esters is 1. The van der Waals surface area contributed by atoms with Crippen LogP contribution in [0.5, 0.6) is 11.5 Å². The first kappa shape index (κ1) is 12.1. The summed E-state index contributed by atoms with van der Waals surface area (Å²) in [7, 11) is 1.21. The third kappa shape index (κ3) is 2.06. The van der Waals surface area contributed by atoms with Crippen molar-refractivity contribution >= 4 is 21.9 Å². The number of hydrogen-bond acceptors (Lipinski definition) is 4. The van der Waals surface area contributed by atoms with Gasteiger partial charge in [0.05, 0.1) is 12.7 Å². The Kier molecular flexibility index (Phi) is 2.94. The molecule has 0 aromatic heterocycles. The molecule has 0 atom stereocenters. The molecule has 0 fully saturated rings. The first-order valence-corrected chi connectivity index (χ1v) is 5.66. The van der Waals surface area contributed by atoms with Gasteiger partial charge in [0.1, 0.15) is 0 Å². The number of fused-ring (bicyclic) bond motifs is 1. The molecule has 1 aliphatic heterocycles. The van der Waals surface area contributed by atoms with Crippen LogP contribution in [-0.2, 0) is 10.1 Å². The molecule has 0 unspecified atom stereocenters. The molecule has 0 saturated heterocycles. The van der Waals surface area contributed by atoms with Crippen molar-refractivity contribution in [3.05, 3.63) is 23.3 Å². The van der Waals surface area contributed by atoms with Crippen LogP contribution in [0.15, 0.2) is 12.1 Å². The number of halogens is 3. The molecule has 1 aromatic carbocycles. The molecule has 0 amide bonds. The average Bonchev–Trinajstić information content (AvgIpc) is 2.60. The van der Waals surface area contributed by atoms with Gasteiger partial charge in [-0.05, 0) is 12.1 Å². The highest BCUT2D eigenvalue weighted by Crippen LogP contribution is 2.45. The standard InChI is InChI=1S/C10H7BrF2O4/c1-15-9(14)5-2-3-7-8(6(5)4-11)17-10(12,13)16-7/h2-3H,4H2,1H3. The van der Waals surface area contributed by atoms with E-state index in [1.54, 1.807) is 0 Å². The van der Waals surface area contributed by atoms with Crippen LogP contribution >= 0.6 is 15.9 Å². The SMILES string of the molecule is COC(=O)c1ccc2c(c1CBr)OC(F)(F)O2. The summed E-state index contributed by atoms with van der Waals surface area (Å²) in [5.41, 5.74) is 0.427. The fraction of sp³-hybridized carbons (Fsp3) is 0.300. The average molecular weight is 309 g/mol. The summed E-state index contributed by atoms with van der Waals surface area (Å²) >= 11 is 3.11. The van der Waals surface area contributed by atoms with Crippen molar-refractivity contribution in [2.45, 2.75) is 11.6 Å². The van der Waals surface area contributed by atoms with Gasteiger partial charge in [-0.2, -0.15) is 0 Å². The Hall–Kier alpha value is -1.37. The van der Waals surface area contributed by atoms with Crippen molar-refractivity contribution in [2.75, 3.05) is 7.11 Å². The van der Waals surface area contributed by atoms with E-state index in [0.29, 0.717) is 0 Å². The molecule has 4 nitrogen and oxygen atoms in total. The highest BCUT2D eigenvalue weighted by atomic mass is 79.9. The molecule has 92 valence electrons. The Bertz CT molecular complexity index is 476. The summed E-state index contributed by atoms with van der Waals surface area (Å²) < 4.78 is 39.0. The van der Waals surface area contributed by atoms with Crippen LogP contribution in [0.2, 0.25) is 0 Å². The number of carbonyl (C=O) groups is 1. The molecule has 1 aliphatic rings. The van der Waals surface area contributed by atoms with Gasteiger partial charge in [-0.1, -0.05) is 15.9 Å². The summed E-state index contributed by atoms with van der Waals surface area (Å²) in [5.74, 6) is -0.868. The van der Waals surface area contributed by atoms with E-state index in [-0.39, 0.29) is 28.0 Å². The van der Waals surface area contributed by atoms with E-state index >= 15 is 0 Å². The Morgan fingerprint density at radius 3 is 2.76 bits per heavy atom. The van der Waals surface area contributed by atoms with Crippen LogP contribution in [0.3, 0.4) is 0 Å². The van der Waals surface area contributed by atoms with Gasteiger partial charge in [0.25, 0.3) is 0 Å². The highest BCUT2D eigenvalue weighted by molar-refractivity contribution is 9.08. The lowest BCUT2D eigenvalue weighted by atomic mass is 10.1. The quantitative estimate of drug-likeness (QED) is 0.622. The number of benzene rings is 1. The topological polar surface area (TPSA) is 44.8 Å². The van der Waals surface area contributed by atoms with Crippen LogP contribution in [0.1, 0.15) is 15.9 Å². The number of rotatable bonds is 2. The Labute approximate surface area is 104 Å². The first-order valence-electron chi connectivity index (χ1n) is 4.54. The second kappa shape index (κ2) is 4.14. The van der Waals surface area contributed by atoms with Crippen molar-refractivity contribution in [1.82, 2.24) is 0 Å². The maximum absolute atomic E-state index is 12.9. The van der Waals surface area contributed by atoms with Crippen molar-refractivity contribution in [3.63, 3.8) is 0 Å². The van der Waals surface area contributed by atoms with Crippen LogP contribution in [0.4, 0.5) is 8.78 Å². The summed E-state index contributed by atoms with van der Waals surface area (Å²) in [5, 5.41) is 0.167. The molecule has 0 saturated carbocycles. The Morgan fingerprint density at radius 2 is 2.18 bits per heavy atom. The van der Waals surface area contributed by atoms with E-state index in [9.17, 15) is 13.6 Å². The van der Waals surface area contributed by atoms with Gasteiger partial charge in [-0.15, -0.1) is 8.78 Å². The monoisotopic (exact) mass is 308 g/mol. The number of ether oxygens (including phenoxy) is 3. The number of alkyl halides is 3. The highest BCUT2D eigenvalue weighted by Gasteiger charge is 2.45. The van der Waals surface area contributed by atoms with Gasteiger partial charge in [-0.3, -0.25) is 0 Å². The molecule has 17 heavy (non-hydrogen) atoms. The molecule has 1 heterocycles. The van der Waals surface area contributed by atoms with Gasteiger partial charge < -0.3 is 14.2 Å². The molecular weight excluding hydrogens is 302 g/mol. The molecular formula is C10H7BrF2O4. The molecule has 7 heteroatoms. The minimum Gasteiger partial charge on any atom is -0.465 e. The summed E-state index contributed by atoms with van der Waals surface area (Å²) in [6.07, 6.45) is -3.70. The van der Waals surface area contributed by atoms with Gasteiger partial charge in [0.15, 0.2) is 11.5 Å². The van der Waals surface area contributed by atoms with Crippen molar-refractivity contribution < 1.29 is 27.8 Å². The fourth-order valence-electron chi connectivity index (χ4n) is 1.50. The molecule has 0 aliphatic carbocycles. The lowest BCUT2D eigenvalue weighted by Gasteiger charge is -2.08. The second-order valence-corrected chi connectivity index (χ2v) is 3.77. The first-order chi connectivity index (χ1) is 7.98. The van der Waals surface area contributed by atoms with E-state index in [1.165, 1.54) is 19.2 Å². The van der Waals surface area contributed by atoms with Crippen LogP contribution in [0.25, 0.3) is 0 Å².